The fourth-order valence-corrected chi connectivity index (χ4v) is 0.698. The third-order valence-corrected chi connectivity index (χ3v) is 1.31. The molecule has 1 aromatic rings. The van der Waals surface area contributed by atoms with Gasteiger partial charge in [0, 0.05) is 6.20 Å². The van der Waals surface area contributed by atoms with E-state index in [0.717, 1.165) is 0 Å². The van der Waals surface area contributed by atoms with Gasteiger partial charge in [0.2, 0.25) is 6.33 Å². The van der Waals surface area contributed by atoms with Crippen LogP contribution in [0, 0.1) is 6.57 Å². The maximum atomic E-state index is 6.59. The highest BCUT2D eigenvalue weighted by Crippen LogP contribution is 2.19. The van der Waals surface area contributed by atoms with Crippen LogP contribution in [0.3, 0.4) is 0 Å². The van der Waals surface area contributed by atoms with E-state index in [4.69, 9.17) is 6.57 Å². The quantitative estimate of drug-likeness (QED) is 0.575. The smallest absolute Gasteiger partial charge is 0.286 e. The highest BCUT2D eigenvalue weighted by molar-refractivity contribution is 9.10. The summed E-state index contributed by atoms with van der Waals surface area (Å²) in [5.41, 5.74) is 0. The zero-order chi connectivity index (χ0) is 6.69. The fraction of sp³-hybridized carbons (Fsp3) is 0. The summed E-state index contributed by atoms with van der Waals surface area (Å²) in [7, 11) is 0. The van der Waals surface area contributed by atoms with Crippen LogP contribution in [-0.4, -0.2) is 9.97 Å². The van der Waals surface area contributed by atoms with Gasteiger partial charge >= 0.3 is 0 Å². The average molecular weight is 184 g/mol. The second-order valence-corrected chi connectivity index (χ2v) is 2.16. The van der Waals surface area contributed by atoms with Crippen LogP contribution in [0.4, 0.5) is 5.82 Å². The average Bonchev–Trinajstić information content (AvgIpc) is 1.89. The Labute approximate surface area is 60.7 Å². The molecule has 0 atom stereocenters. The molecule has 0 radical (unpaired) electrons. The lowest BCUT2D eigenvalue weighted by molar-refractivity contribution is 1.17. The molecule has 1 aromatic heterocycles. The minimum atomic E-state index is 0.352. The Morgan fingerprint density at radius 2 is 2.44 bits per heavy atom. The van der Waals surface area contributed by atoms with Crippen molar-refractivity contribution in [3.05, 3.63) is 28.4 Å². The summed E-state index contributed by atoms with van der Waals surface area (Å²) in [6.45, 7) is 6.59. The third-order valence-electron chi connectivity index (χ3n) is 0.754. The van der Waals surface area contributed by atoms with Gasteiger partial charge < -0.3 is 4.85 Å². The Hall–Kier alpha value is -0.950. The largest absolute Gasteiger partial charge is 0.360 e. The molecule has 0 aromatic carbocycles. The summed E-state index contributed by atoms with van der Waals surface area (Å²) < 4.78 is 0.639. The van der Waals surface area contributed by atoms with E-state index in [0.29, 0.717) is 10.3 Å². The first kappa shape index (κ1) is 6.17. The van der Waals surface area contributed by atoms with E-state index in [9.17, 15) is 0 Å². The fourth-order valence-electron chi connectivity index (χ4n) is 0.388. The van der Waals surface area contributed by atoms with Crippen molar-refractivity contribution in [1.82, 2.24) is 9.97 Å². The molecule has 0 amide bonds. The van der Waals surface area contributed by atoms with Gasteiger partial charge in [-0.25, -0.2) is 4.98 Å². The standard InChI is InChI=1S/C5H2BrN3/c1-7-5-4(6)2-8-3-9-5/h2-3H. The van der Waals surface area contributed by atoms with Crippen molar-refractivity contribution in [2.45, 2.75) is 0 Å². The summed E-state index contributed by atoms with van der Waals surface area (Å²) in [6, 6.07) is 0. The molecule has 44 valence electrons. The van der Waals surface area contributed by atoms with Crippen molar-refractivity contribution in [1.29, 1.82) is 0 Å². The first-order valence-corrected chi connectivity index (χ1v) is 2.97. The van der Waals surface area contributed by atoms with E-state index in [2.05, 4.69) is 30.7 Å². The maximum absolute atomic E-state index is 6.59. The lowest BCUT2D eigenvalue weighted by atomic mass is 10.6. The van der Waals surface area contributed by atoms with E-state index < -0.39 is 0 Å². The first-order valence-electron chi connectivity index (χ1n) is 2.17. The zero-order valence-electron chi connectivity index (χ0n) is 4.37. The van der Waals surface area contributed by atoms with Gasteiger partial charge in [-0.15, -0.1) is 4.98 Å². The maximum Gasteiger partial charge on any atom is 0.286 e. The van der Waals surface area contributed by atoms with Crippen LogP contribution in [0.1, 0.15) is 0 Å². The SMILES string of the molecule is [C-]#[N+]c1ncncc1Br. The van der Waals surface area contributed by atoms with Gasteiger partial charge in [-0.2, -0.15) is 0 Å². The Balaban J connectivity index is 3.20. The van der Waals surface area contributed by atoms with E-state index in [1.807, 2.05) is 0 Å². The molecule has 9 heavy (non-hydrogen) atoms. The van der Waals surface area contributed by atoms with Crippen molar-refractivity contribution < 1.29 is 0 Å². The number of aromatic nitrogens is 2. The first-order chi connectivity index (χ1) is 4.34. The van der Waals surface area contributed by atoms with Crippen molar-refractivity contribution in [2.75, 3.05) is 0 Å². The van der Waals surface area contributed by atoms with E-state index >= 15 is 0 Å². The van der Waals surface area contributed by atoms with Crippen molar-refractivity contribution in [3.8, 4) is 0 Å². The van der Waals surface area contributed by atoms with Crippen LogP contribution < -0.4 is 0 Å². The molecule has 0 saturated heterocycles. The number of rotatable bonds is 0. The van der Waals surface area contributed by atoms with Crippen LogP contribution in [-0.2, 0) is 0 Å². The van der Waals surface area contributed by atoms with Crippen molar-refractivity contribution in [2.24, 2.45) is 0 Å². The van der Waals surface area contributed by atoms with Gasteiger partial charge in [0.05, 0.1) is 4.47 Å². The van der Waals surface area contributed by atoms with Gasteiger partial charge in [-0.1, -0.05) is 22.5 Å². The minimum Gasteiger partial charge on any atom is -0.360 e. The molecule has 0 aliphatic rings. The van der Waals surface area contributed by atoms with E-state index in [1.54, 1.807) is 6.20 Å². The molecule has 1 rings (SSSR count). The second-order valence-electron chi connectivity index (χ2n) is 1.31. The number of hydrogen-bond donors (Lipinski definition) is 0. The number of halogens is 1. The second kappa shape index (κ2) is 2.55. The molecule has 4 heteroatoms. The molecule has 0 fully saturated rings. The minimum absolute atomic E-state index is 0.352. The highest BCUT2D eigenvalue weighted by Gasteiger charge is 1.96. The molecule has 0 unspecified atom stereocenters. The summed E-state index contributed by atoms with van der Waals surface area (Å²) in [6.07, 6.45) is 2.89. The molecule has 0 aliphatic carbocycles. The highest BCUT2D eigenvalue weighted by atomic mass is 79.9. The molecule has 3 nitrogen and oxygen atoms in total. The molecule has 1 heterocycles. The van der Waals surface area contributed by atoms with Gasteiger partial charge in [0.1, 0.15) is 0 Å². The molecule has 0 spiro atoms. The molecule has 0 bridgehead atoms. The van der Waals surface area contributed by atoms with Crippen molar-refractivity contribution in [3.63, 3.8) is 0 Å². The van der Waals surface area contributed by atoms with Gasteiger partial charge in [-0.3, -0.25) is 0 Å². The summed E-state index contributed by atoms with van der Waals surface area (Å²) >= 11 is 3.12. The van der Waals surface area contributed by atoms with Crippen LogP contribution in [0.5, 0.6) is 0 Å². The summed E-state index contributed by atoms with van der Waals surface area (Å²) in [5, 5.41) is 0. The normalized spacial score (nSPS) is 8.44. The van der Waals surface area contributed by atoms with Gasteiger partial charge in [0.25, 0.3) is 5.82 Å². The molecule has 0 aliphatic heterocycles. The van der Waals surface area contributed by atoms with E-state index in [-0.39, 0.29) is 0 Å². The molecule has 0 N–H and O–H groups in total. The zero-order valence-corrected chi connectivity index (χ0v) is 5.96. The summed E-state index contributed by atoms with van der Waals surface area (Å²) in [5.74, 6) is 0.352. The van der Waals surface area contributed by atoms with Crippen molar-refractivity contribution >= 4 is 21.7 Å². The third kappa shape index (κ3) is 1.24. The predicted octanol–water partition coefficient (Wildman–Crippen LogP) is 1.79. The topological polar surface area (TPSA) is 30.1 Å². The van der Waals surface area contributed by atoms with E-state index in [1.165, 1.54) is 6.33 Å². The molecular formula is C5H2BrN3. The van der Waals surface area contributed by atoms with Crippen LogP contribution in [0.25, 0.3) is 4.85 Å². The number of hydrogen-bond acceptors (Lipinski definition) is 2. The Morgan fingerprint density at radius 3 is 2.89 bits per heavy atom. The Kier molecular flexibility index (Phi) is 1.75. The predicted molar refractivity (Wildman–Crippen MR) is 36.0 cm³/mol. The lowest BCUT2D eigenvalue weighted by Crippen LogP contribution is -1.75. The molecular weight excluding hydrogens is 182 g/mol. The monoisotopic (exact) mass is 183 g/mol. The van der Waals surface area contributed by atoms with Gasteiger partial charge in [0.15, 0.2) is 0 Å². The Morgan fingerprint density at radius 1 is 1.67 bits per heavy atom. The van der Waals surface area contributed by atoms with Crippen LogP contribution >= 0.6 is 15.9 Å². The summed E-state index contributed by atoms with van der Waals surface area (Å²) in [4.78, 5) is 10.5. The van der Waals surface area contributed by atoms with Crippen LogP contribution in [0.2, 0.25) is 0 Å². The molecule has 0 saturated carbocycles. The number of nitrogens with zero attached hydrogens (tertiary/aromatic N) is 3. The van der Waals surface area contributed by atoms with Gasteiger partial charge in [-0.05, 0) is 0 Å². The van der Waals surface area contributed by atoms with Crippen LogP contribution in [0.15, 0.2) is 17.0 Å². The lowest BCUT2D eigenvalue weighted by Gasteiger charge is -1.86. The Bertz CT molecular complexity index is 253.